The van der Waals surface area contributed by atoms with E-state index in [4.69, 9.17) is 5.73 Å². The van der Waals surface area contributed by atoms with Gasteiger partial charge in [0.1, 0.15) is 0 Å². The van der Waals surface area contributed by atoms with Crippen molar-refractivity contribution in [3.05, 3.63) is 34.4 Å². The Hall–Kier alpha value is -1.62. The van der Waals surface area contributed by atoms with E-state index in [0.717, 1.165) is 0 Å². The highest BCUT2D eigenvalue weighted by Crippen LogP contribution is 1.95. The minimum absolute atomic E-state index is 0.134. The lowest BCUT2D eigenvalue weighted by Crippen LogP contribution is -2.16. The van der Waals surface area contributed by atoms with Crippen LogP contribution in [0.3, 0.4) is 0 Å². The summed E-state index contributed by atoms with van der Waals surface area (Å²) >= 11 is 0. The van der Waals surface area contributed by atoms with Gasteiger partial charge in [0, 0.05) is 24.9 Å². The van der Waals surface area contributed by atoms with Gasteiger partial charge in [-0.25, -0.2) is 9.50 Å². The molecule has 0 saturated carbocycles. The molecular weight excluding hydrogens is 156 g/mol. The fourth-order valence-electron chi connectivity index (χ4n) is 1.08. The maximum atomic E-state index is 11.3. The predicted octanol–water partition coefficient (Wildman–Crippen LogP) is -0.519. The Kier molecular flexibility index (Phi) is 1.44. The molecule has 0 spiro atoms. The highest BCUT2D eigenvalue weighted by molar-refractivity contribution is 5.36. The summed E-state index contributed by atoms with van der Waals surface area (Å²) in [4.78, 5) is 15.4. The Morgan fingerprint density at radius 2 is 2.50 bits per heavy atom. The molecule has 12 heavy (non-hydrogen) atoms. The van der Waals surface area contributed by atoms with Crippen LogP contribution in [-0.2, 0) is 6.54 Å². The van der Waals surface area contributed by atoms with Crippen LogP contribution < -0.4 is 11.3 Å². The number of hydrogen-bond donors (Lipinski definition) is 2. The van der Waals surface area contributed by atoms with Crippen molar-refractivity contribution in [3.8, 4) is 0 Å². The fourth-order valence-corrected chi connectivity index (χ4v) is 1.08. The van der Waals surface area contributed by atoms with Crippen LogP contribution in [0.5, 0.6) is 0 Å². The van der Waals surface area contributed by atoms with Crippen molar-refractivity contribution in [1.82, 2.24) is 14.6 Å². The van der Waals surface area contributed by atoms with Crippen LogP contribution in [0.1, 0.15) is 5.69 Å². The molecule has 0 saturated heterocycles. The molecule has 2 aromatic heterocycles. The molecule has 2 aromatic rings. The molecule has 0 fully saturated rings. The number of rotatable bonds is 1. The van der Waals surface area contributed by atoms with Crippen molar-refractivity contribution in [1.29, 1.82) is 0 Å². The molecule has 2 heterocycles. The first-order chi connectivity index (χ1) is 5.81. The SMILES string of the molecule is NCc1cc(=O)n2[nH]ccc2n1. The number of aromatic amines is 1. The summed E-state index contributed by atoms with van der Waals surface area (Å²) < 4.78 is 1.36. The van der Waals surface area contributed by atoms with Crippen LogP contribution in [-0.4, -0.2) is 14.6 Å². The lowest BCUT2D eigenvalue weighted by molar-refractivity contribution is 0.869. The molecule has 0 unspecified atom stereocenters. The van der Waals surface area contributed by atoms with Gasteiger partial charge in [0.2, 0.25) is 0 Å². The Morgan fingerprint density at radius 1 is 1.67 bits per heavy atom. The van der Waals surface area contributed by atoms with E-state index in [1.165, 1.54) is 10.6 Å². The third-order valence-electron chi connectivity index (χ3n) is 1.64. The van der Waals surface area contributed by atoms with Crippen molar-refractivity contribution in [2.45, 2.75) is 6.54 Å². The van der Waals surface area contributed by atoms with Gasteiger partial charge in [0.05, 0.1) is 5.69 Å². The van der Waals surface area contributed by atoms with Crippen LogP contribution in [0.4, 0.5) is 0 Å². The number of aromatic nitrogens is 3. The third kappa shape index (κ3) is 0.911. The normalized spacial score (nSPS) is 10.8. The molecule has 0 aliphatic heterocycles. The van der Waals surface area contributed by atoms with Crippen LogP contribution in [0.2, 0.25) is 0 Å². The van der Waals surface area contributed by atoms with Crippen molar-refractivity contribution >= 4 is 5.65 Å². The second-order valence-corrected chi connectivity index (χ2v) is 2.45. The summed E-state index contributed by atoms with van der Waals surface area (Å²) in [6, 6.07) is 3.14. The summed E-state index contributed by atoms with van der Waals surface area (Å²) in [6.45, 7) is 0.289. The highest BCUT2D eigenvalue weighted by Gasteiger charge is 1.99. The summed E-state index contributed by atoms with van der Waals surface area (Å²) in [5, 5.41) is 2.74. The van der Waals surface area contributed by atoms with Crippen LogP contribution in [0.25, 0.3) is 5.65 Å². The monoisotopic (exact) mass is 164 g/mol. The van der Waals surface area contributed by atoms with Gasteiger partial charge >= 0.3 is 0 Å². The molecular formula is C7H8N4O. The van der Waals surface area contributed by atoms with E-state index in [1.54, 1.807) is 12.3 Å². The van der Waals surface area contributed by atoms with Crippen LogP contribution in [0, 0.1) is 0 Å². The number of fused-ring (bicyclic) bond motifs is 1. The number of H-pyrrole nitrogens is 1. The molecule has 62 valence electrons. The average Bonchev–Trinajstić information content (AvgIpc) is 2.52. The van der Waals surface area contributed by atoms with Gasteiger partial charge in [-0.1, -0.05) is 0 Å². The van der Waals surface area contributed by atoms with E-state index >= 15 is 0 Å². The Labute approximate surface area is 67.8 Å². The molecule has 0 bridgehead atoms. The lowest BCUT2D eigenvalue weighted by Gasteiger charge is -1.95. The number of nitrogens with zero attached hydrogens (tertiary/aromatic N) is 2. The van der Waals surface area contributed by atoms with Gasteiger partial charge in [-0.3, -0.25) is 9.89 Å². The molecule has 0 aliphatic rings. The van der Waals surface area contributed by atoms with Crippen LogP contribution in [0.15, 0.2) is 23.1 Å². The van der Waals surface area contributed by atoms with E-state index in [2.05, 4.69) is 10.1 Å². The van der Waals surface area contributed by atoms with Crippen LogP contribution >= 0.6 is 0 Å². The first-order valence-electron chi connectivity index (χ1n) is 3.57. The number of nitrogens with one attached hydrogen (secondary N) is 1. The van der Waals surface area contributed by atoms with Gasteiger partial charge in [-0.2, -0.15) is 0 Å². The van der Waals surface area contributed by atoms with Gasteiger partial charge in [0.15, 0.2) is 5.65 Å². The molecule has 5 heteroatoms. The summed E-state index contributed by atoms with van der Waals surface area (Å²) in [6.07, 6.45) is 1.66. The van der Waals surface area contributed by atoms with Crippen molar-refractivity contribution in [3.63, 3.8) is 0 Å². The van der Waals surface area contributed by atoms with Gasteiger partial charge < -0.3 is 5.73 Å². The standard InChI is InChI=1S/C7H8N4O/c8-4-5-3-7(12)11-6(10-5)1-2-9-11/h1-3,9H,4,8H2. The smallest absolute Gasteiger partial charge is 0.272 e. The van der Waals surface area contributed by atoms with E-state index < -0.39 is 0 Å². The molecule has 2 rings (SSSR count). The lowest BCUT2D eigenvalue weighted by atomic mass is 10.4. The molecule has 0 amide bonds. The maximum absolute atomic E-state index is 11.3. The largest absolute Gasteiger partial charge is 0.325 e. The van der Waals surface area contributed by atoms with E-state index in [9.17, 15) is 4.79 Å². The highest BCUT2D eigenvalue weighted by atomic mass is 16.1. The fraction of sp³-hybridized carbons (Fsp3) is 0.143. The number of nitrogens with two attached hydrogens (primary N) is 1. The minimum Gasteiger partial charge on any atom is -0.325 e. The van der Waals surface area contributed by atoms with E-state index in [0.29, 0.717) is 11.3 Å². The zero-order valence-corrected chi connectivity index (χ0v) is 6.32. The quantitative estimate of drug-likeness (QED) is 0.595. The molecule has 0 aromatic carbocycles. The van der Waals surface area contributed by atoms with E-state index in [-0.39, 0.29) is 12.1 Å². The summed E-state index contributed by atoms with van der Waals surface area (Å²) in [5.41, 5.74) is 6.43. The predicted molar refractivity (Wildman–Crippen MR) is 43.7 cm³/mol. The van der Waals surface area contributed by atoms with Crippen molar-refractivity contribution in [2.24, 2.45) is 5.73 Å². The molecule has 0 atom stereocenters. The maximum Gasteiger partial charge on any atom is 0.272 e. The second-order valence-electron chi connectivity index (χ2n) is 2.45. The molecule has 5 nitrogen and oxygen atoms in total. The second kappa shape index (κ2) is 2.46. The van der Waals surface area contributed by atoms with Crippen molar-refractivity contribution in [2.75, 3.05) is 0 Å². The zero-order valence-electron chi connectivity index (χ0n) is 6.32. The van der Waals surface area contributed by atoms with Gasteiger partial charge in [-0.05, 0) is 0 Å². The Balaban J connectivity index is 2.84. The first-order valence-corrected chi connectivity index (χ1v) is 3.57. The summed E-state index contributed by atoms with van der Waals surface area (Å²) in [7, 11) is 0. The molecule has 0 aliphatic carbocycles. The zero-order chi connectivity index (χ0) is 8.55. The minimum atomic E-state index is -0.134. The Morgan fingerprint density at radius 3 is 3.25 bits per heavy atom. The average molecular weight is 164 g/mol. The first kappa shape index (κ1) is 7.05. The molecule has 3 N–H and O–H groups in total. The third-order valence-corrected chi connectivity index (χ3v) is 1.64. The number of hydrogen-bond acceptors (Lipinski definition) is 3. The Bertz CT molecular complexity index is 456. The van der Waals surface area contributed by atoms with Crippen molar-refractivity contribution < 1.29 is 0 Å². The van der Waals surface area contributed by atoms with E-state index in [1.807, 2.05) is 0 Å². The summed E-state index contributed by atoms with van der Waals surface area (Å²) in [5.74, 6) is 0. The van der Waals surface area contributed by atoms with Gasteiger partial charge in [0.25, 0.3) is 5.56 Å². The molecule has 0 radical (unpaired) electrons. The van der Waals surface area contributed by atoms with Gasteiger partial charge in [-0.15, -0.1) is 0 Å². The topological polar surface area (TPSA) is 76.2 Å².